The number of nitrogens with zero attached hydrogens (tertiary/aromatic N) is 2. The van der Waals surface area contributed by atoms with Gasteiger partial charge in [-0.2, -0.15) is 0 Å². The number of rotatable bonds is 1. The molecular weight excluding hydrogens is 181 g/mol. The molecule has 1 aromatic heterocycles. The second kappa shape index (κ2) is 3.31. The van der Waals surface area contributed by atoms with Crippen molar-refractivity contribution >= 4 is 10.9 Å². The number of benzene rings is 1. The maximum absolute atomic E-state index is 12.9. The van der Waals surface area contributed by atoms with E-state index < -0.39 is 0 Å². The van der Waals surface area contributed by atoms with E-state index in [4.69, 9.17) is 5.73 Å². The van der Waals surface area contributed by atoms with Gasteiger partial charge in [-0.1, -0.05) is 0 Å². The number of hydrogen-bond donors (Lipinski definition) is 1. The third-order valence-electron chi connectivity index (χ3n) is 2.08. The topological polar surface area (TPSA) is 51.8 Å². The summed E-state index contributed by atoms with van der Waals surface area (Å²) < 4.78 is 12.9. The minimum absolute atomic E-state index is 0.271. The van der Waals surface area contributed by atoms with Crippen molar-refractivity contribution in [1.29, 1.82) is 0 Å². The van der Waals surface area contributed by atoms with Crippen LogP contribution in [0.5, 0.6) is 0 Å². The Bertz CT molecular complexity index is 482. The number of hydrogen-bond acceptors (Lipinski definition) is 3. The molecule has 72 valence electrons. The van der Waals surface area contributed by atoms with Crippen molar-refractivity contribution in [2.24, 2.45) is 5.73 Å². The molecule has 14 heavy (non-hydrogen) atoms. The van der Waals surface area contributed by atoms with E-state index in [2.05, 4.69) is 9.97 Å². The minimum atomic E-state index is -0.293. The highest BCUT2D eigenvalue weighted by Gasteiger charge is 2.03. The van der Waals surface area contributed by atoms with E-state index >= 15 is 0 Å². The summed E-state index contributed by atoms with van der Waals surface area (Å²) in [6, 6.07) is 4.48. The fourth-order valence-corrected chi connectivity index (χ4v) is 1.41. The van der Waals surface area contributed by atoms with Gasteiger partial charge in [0, 0.05) is 17.1 Å². The Morgan fingerprint density at radius 1 is 1.36 bits per heavy atom. The average molecular weight is 191 g/mol. The molecule has 2 N–H and O–H groups in total. The molecule has 0 aliphatic heterocycles. The van der Waals surface area contributed by atoms with Gasteiger partial charge >= 0.3 is 0 Å². The molecule has 0 aliphatic rings. The molecule has 0 saturated heterocycles. The van der Waals surface area contributed by atoms with Crippen molar-refractivity contribution in [3.63, 3.8) is 0 Å². The van der Waals surface area contributed by atoms with Gasteiger partial charge < -0.3 is 5.73 Å². The lowest BCUT2D eigenvalue weighted by Crippen LogP contribution is -2.04. The van der Waals surface area contributed by atoms with Crippen molar-refractivity contribution in [3.8, 4) is 0 Å². The van der Waals surface area contributed by atoms with Gasteiger partial charge in [0.25, 0.3) is 0 Å². The zero-order chi connectivity index (χ0) is 10.1. The summed E-state index contributed by atoms with van der Waals surface area (Å²) in [5.41, 5.74) is 6.87. The van der Waals surface area contributed by atoms with Crippen molar-refractivity contribution < 1.29 is 4.39 Å². The van der Waals surface area contributed by atoms with Crippen LogP contribution in [-0.4, -0.2) is 9.97 Å². The summed E-state index contributed by atoms with van der Waals surface area (Å²) in [7, 11) is 0. The van der Waals surface area contributed by atoms with Crippen molar-refractivity contribution in [1.82, 2.24) is 9.97 Å². The highest BCUT2D eigenvalue weighted by molar-refractivity contribution is 5.80. The van der Waals surface area contributed by atoms with Gasteiger partial charge in [-0.25, -0.2) is 14.4 Å². The van der Waals surface area contributed by atoms with Gasteiger partial charge in [-0.15, -0.1) is 0 Å². The number of nitrogens with two attached hydrogens (primary N) is 1. The molecule has 0 amide bonds. The summed E-state index contributed by atoms with van der Waals surface area (Å²) in [5.74, 6) is 0.249. The molecule has 2 rings (SSSR count). The molecule has 1 heterocycles. The van der Waals surface area contributed by atoms with Crippen molar-refractivity contribution in [2.75, 3.05) is 0 Å². The van der Waals surface area contributed by atoms with E-state index in [1.807, 2.05) is 6.92 Å². The predicted octanol–water partition coefficient (Wildman–Crippen LogP) is 1.54. The first-order valence-corrected chi connectivity index (χ1v) is 4.33. The molecule has 0 fully saturated rings. The SMILES string of the molecule is Cc1nc(CN)nc2cc(F)ccc12. The van der Waals surface area contributed by atoms with Gasteiger partial charge in [0.1, 0.15) is 11.6 Å². The second-order valence-electron chi connectivity index (χ2n) is 3.09. The van der Waals surface area contributed by atoms with Gasteiger partial charge in [-0.3, -0.25) is 0 Å². The molecule has 4 heteroatoms. The molecule has 0 radical (unpaired) electrons. The van der Waals surface area contributed by atoms with E-state index in [0.29, 0.717) is 11.3 Å². The standard InChI is InChI=1S/C10H10FN3/c1-6-8-3-2-7(11)4-9(8)14-10(5-12)13-6/h2-4H,5,12H2,1H3. The third kappa shape index (κ3) is 1.44. The van der Waals surface area contributed by atoms with Crippen LogP contribution in [0.25, 0.3) is 10.9 Å². The highest BCUT2D eigenvalue weighted by Crippen LogP contribution is 2.16. The molecule has 0 atom stereocenters. The maximum Gasteiger partial charge on any atom is 0.142 e. The Kier molecular flexibility index (Phi) is 2.13. The van der Waals surface area contributed by atoms with Gasteiger partial charge in [0.15, 0.2) is 0 Å². The Morgan fingerprint density at radius 3 is 2.86 bits per heavy atom. The van der Waals surface area contributed by atoms with Crippen molar-refractivity contribution in [2.45, 2.75) is 13.5 Å². The first-order valence-electron chi connectivity index (χ1n) is 4.33. The molecule has 3 nitrogen and oxygen atoms in total. The summed E-state index contributed by atoms with van der Waals surface area (Å²) in [5, 5.41) is 0.864. The molecule has 0 unspecified atom stereocenters. The van der Waals surface area contributed by atoms with Crippen LogP contribution in [0.4, 0.5) is 4.39 Å². The molecule has 0 spiro atoms. The van der Waals surface area contributed by atoms with Crippen LogP contribution < -0.4 is 5.73 Å². The molecule has 0 saturated carbocycles. The summed E-state index contributed by atoms with van der Waals surface area (Å²) in [6.07, 6.45) is 0. The Morgan fingerprint density at radius 2 is 2.14 bits per heavy atom. The molecular formula is C10H10FN3. The summed E-state index contributed by atoms with van der Waals surface area (Å²) in [6.45, 7) is 2.13. The molecule has 0 aliphatic carbocycles. The predicted molar refractivity (Wildman–Crippen MR) is 52.1 cm³/mol. The average Bonchev–Trinajstić information content (AvgIpc) is 2.16. The van der Waals surface area contributed by atoms with Crippen LogP contribution in [0.1, 0.15) is 11.5 Å². The maximum atomic E-state index is 12.9. The lowest BCUT2D eigenvalue weighted by molar-refractivity contribution is 0.629. The zero-order valence-electron chi connectivity index (χ0n) is 7.79. The smallest absolute Gasteiger partial charge is 0.142 e. The summed E-state index contributed by atoms with van der Waals surface area (Å²) >= 11 is 0. The summed E-state index contributed by atoms with van der Waals surface area (Å²) in [4.78, 5) is 8.33. The first-order chi connectivity index (χ1) is 6.70. The fraction of sp³-hybridized carbons (Fsp3) is 0.200. The van der Waals surface area contributed by atoms with Gasteiger partial charge in [-0.05, 0) is 19.1 Å². The Labute approximate surface area is 80.8 Å². The van der Waals surface area contributed by atoms with Gasteiger partial charge in [0.05, 0.1) is 12.1 Å². The number of aromatic nitrogens is 2. The quantitative estimate of drug-likeness (QED) is 0.743. The highest BCUT2D eigenvalue weighted by atomic mass is 19.1. The van der Waals surface area contributed by atoms with E-state index in [0.717, 1.165) is 11.1 Å². The Balaban J connectivity index is 2.77. The van der Waals surface area contributed by atoms with Gasteiger partial charge in [0.2, 0.25) is 0 Å². The molecule has 2 aromatic rings. The van der Waals surface area contributed by atoms with Crippen LogP contribution in [-0.2, 0) is 6.54 Å². The fourth-order valence-electron chi connectivity index (χ4n) is 1.41. The number of fused-ring (bicyclic) bond motifs is 1. The van der Waals surface area contributed by atoms with Crippen LogP contribution in [0, 0.1) is 12.7 Å². The lowest BCUT2D eigenvalue weighted by atomic mass is 10.2. The second-order valence-corrected chi connectivity index (χ2v) is 3.09. The zero-order valence-corrected chi connectivity index (χ0v) is 7.79. The van der Waals surface area contributed by atoms with Crippen molar-refractivity contribution in [3.05, 3.63) is 35.5 Å². The molecule has 0 bridgehead atoms. The van der Waals surface area contributed by atoms with E-state index in [-0.39, 0.29) is 12.4 Å². The lowest BCUT2D eigenvalue weighted by Gasteiger charge is -2.03. The van der Waals surface area contributed by atoms with Crippen LogP contribution >= 0.6 is 0 Å². The first kappa shape index (κ1) is 9.02. The monoisotopic (exact) mass is 191 g/mol. The van der Waals surface area contributed by atoms with Crippen LogP contribution in [0.15, 0.2) is 18.2 Å². The number of halogens is 1. The Hall–Kier alpha value is -1.55. The normalized spacial score (nSPS) is 10.8. The van der Waals surface area contributed by atoms with E-state index in [1.165, 1.54) is 12.1 Å². The minimum Gasteiger partial charge on any atom is -0.324 e. The van der Waals surface area contributed by atoms with E-state index in [9.17, 15) is 4.39 Å². The molecule has 1 aromatic carbocycles. The number of aryl methyl sites for hydroxylation is 1. The van der Waals surface area contributed by atoms with E-state index in [1.54, 1.807) is 6.07 Å². The van der Waals surface area contributed by atoms with Crippen LogP contribution in [0.2, 0.25) is 0 Å². The van der Waals surface area contributed by atoms with Crippen LogP contribution in [0.3, 0.4) is 0 Å². The third-order valence-corrected chi connectivity index (χ3v) is 2.08. The largest absolute Gasteiger partial charge is 0.324 e.